The average molecular weight is 392 g/mol. The van der Waals surface area contributed by atoms with Crippen LogP contribution in [0.25, 0.3) is 0 Å². The van der Waals surface area contributed by atoms with E-state index in [4.69, 9.17) is 0 Å². The molecule has 1 atom stereocenters. The summed E-state index contributed by atoms with van der Waals surface area (Å²) in [7, 11) is 5.94. The molecule has 0 aromatic heterocycles. The van der Waals surface area contributed by atoms with Gasteiger partial charge in [-0.2, -0.15) is 0 Å². The molecule has 3 aromatic rings. The number of benzene rings is 2. The van der Waals surface area contributed by atoms with E-state index in [1.54, 1.807) is 0 Å². The van der Waals surface area contributed by atoms with Crippen LogP contribution in [-0.2, 0) is 12.8 Å². The molecule has 5 nitrogen and oxygen atoms in total. The summed E-state index contributed by atoms with van der Waals surface area (Å²) in [5, 5.41) is 3.26. The molecule has 3 aromatic carbocycles. The van der Waals surface area contributed by atoms with Gasteiger partial charge in [0.1, 0.15) is 11.4 Å². The van der Waals surface area contributed by atoms with Crippen molar-refractivity contribution in [1.82, 2.24) is 4.90 Å². The molecule has 0 fully saturated rings. The highest BCUT2D eigenvalue weighted by Crippen LogP contribution is 2.20. The molecular weight excluding hydrogens is 362 g/mol. The lowest BCUT2D eigenvalue weighted by Crippen LogP contribution is -2.44. The Labute approximate surface area is 172 Å². The number of nitrogens with zero attached hydrogens (tertiary/aromatic N) is 2. The highest BCUT2D eigenvalue weighted by molar-refractivity contribution is 5.75. The van der Waals surface area contributed by atoms with E-state index in [0.29, 0.717) is 24.5 Å². The van der Waals surface area contributed by atoms with E-state index in [9.17, 15) is 9.59 Å². The molecule has 1 N–H and O–H groups in total. The molecule has 0 amide bonds. The molecule has 3 rings (SSSR count). The first-order valence-electron chi connectivity index (χ1n) is 10.00. The van der Waals surface area contributed by atoms with Crippen molar-refractivity contribution in [2.75, 3.05) is 44.4 Å². The van der Waals surface area contributed by atoms with Crippen molar-refractivity contribution in [3.05, 3.63) is 92.2 Å². The normalized spacial score (nSPS) is 12.3. The highest BCUT2D eigenvalue weighted by Gasteiger charge is 2.25. The van der Waals surface area contributed by atoms with Crippen molar-refractivity contribution >= 4 is 11.4 Å². The van der Waals surface area contributed by atoms with Crippen LogP contribution in [0.5, 0.6) is 0 Å². The van der Waals surface area contributed by atoms with Crippen LogP contribution in [0.1, 0.15) is 11.1 Å². The minimum Gasteiger partial charge on any atom is -0.378 e. The highest BCUT2D eigenvalue weighted by atomic mass is 16.2. The second-order valence-corrected chi connectivity index (χ2v) is 7.73. The smallest absolute Gasteiger partial charge is 0.253 e. The standard InChI is InChI=1S/C24H29N3O2/c1-26(2)20(16-19-12-8-5-9-13-19)17-25-21-22(24(29)23(21)28)27(3)15-14-18-10-6-4-7-11-18/h4-13,20,25H,14-17H2,1-3H3/t20-/m0/s1. The second kappa shape index (κ2) is 9.52. The van der Waals surface area contributed by atoms with E-state index in [0.717, 1.165) is 12.8 Å². The van der Waals surface area contributed by atoms with Gasteiger partial charge in [0.05, 0.1) is 0 Å². The van der Waals surface area contributed by atoms with E-state index in [1.165, 1.54) is 11.1 Å². The lowest BCUT2D eigenvalue weighted by molar-refractivity contribution is 0.303. The van der Waals surface area contributed by atoms with E-state index in [1.807, 2.05) is 62.4 Å². The summed E-state index contributed by atoms with van der Waals surface area (Å²) in [5.41, 5.74) is 2.60. The molecule has 0 saturated heterocycles. The van der Waals surface area contributed by atoms with Gasteiger partial charge in [0.25, 0.3) is 10.9 Å². The summed E-state index contributed by atoms with van der Waals surface area (Å²) in [4.78, 5) is 28.4. The second-order valence-electron chi connectivity index (χ2n) is 7.73. The fraction of sp³-hybridized carbons (Fsp3) is 0.333. The number of hydrogen-bond donors (Lipinski definition) is 1. The third-order valence-corrected chi connectivity index (χ3v) is 5.40. The summed E-state index contributed by atoms with van der Waals surface area (Å²) in [6, 6.07) is 20.6. The van der Waals surface area contributed by atoms with Gasteiger partial charge in [0.15, 0.2) is 0 Å². The Balaban J connectivity index is 1.64. The van der Waals surface area contributed by atoms with E-state index in [-0.39, 0.29) is 6.04 Å². The molecule has 0 unspecified atom stereocenters. The van der Waals surface area contributed by atoms with Crippen LogP contribution in [0.4, 0.5) is 11.4 Å². The summed E-state index contributed by atoms with van der Waals surface area (Å²) < 4.78 is 0. The van der Waals surface area contributed by atoms with Crippen molar-refractivity contribution in [3.8, 4) is 0 Å². The fourth-order valence-electron chi connectivity index (χ4n) is 3.50. The summed E-state index contributed by atoms with van der Waals surface area (Å²) in [5.74, 6) is 0. The molecule has 0 aliphatic rings. The van der Waals surface area contributed by atoms with Gasteiger partial charge < -0.3 is 15.1 Å². The Morgan fingerprint density at radius 2 is 1.41 bits per heavy atom. The fourth-order valence-corrected chi connectivity index (χ4v) is 3.50. The summed E-state index contributed by atoms with van der Waals surface area (Å²) in [6.07, 6.45) is 1.69. The molecular formula is C24H29N3O2. The Morgan fingerprint density at radius 1 is 0.828 bits per heavy atom. The Morgan fingerprint density at radius 3 is 2.00 bits per heavy atom. The third-order valence-electron chi connectivity index (χ3n) is 5.40. The van der Waals surface area contributed by atoms with Crippen LogP contribution in [0.15, 0.2) is 70.3 Å². The maximum atomic E-state index is 12.2. The van der Waals surface area contributed by atoms with Crippen molar-refractivity contribution in [2.24, 2.45) is 0 Å². The zero-order valence-corrected chi connectivity index (χ0v) is 17.4. The molecule has 0 bridgehead atoms. The first-order valence-corrected chi connectivity index (χ1v) is 10.00. The van der Waals surface area contributed by atoms with Crippen LogP contribution in [0.3, 0.4) is 0 Å². The lowest BCUT2D eigenvalue weighted by atomic mass is 10.0. The van der Waals surface area contributed by atoms with Crippen LogP contribution in [0.2, 0.25) is 0 Å². The van der Waals surface area contributed by atoms with Crippen LogP contribution in [-0.4, -0.2) is 45.2 Å². The zero-order chi connectivity index (χ0) is 20.8. The van der Waals surface area contributed by atoms with Crippen LogP contribution in [0, 0.1) is 0 Å². The first kappa shape index (κ1) is 20.8. The van der Waals surface area contributed by atoms with Crippen molar-refractivity contribution < 1.29 is 0 Å². The minimum atomic E-state index is -0.413. The molecule has 152 valence electrons. The quantitative estimate of drug-likeness (QED) is 0.539. The third kappa shape index (κ3) is 5.12. The van der Waals surface area contributed by atoms with Crippen LogP contribution >= 0.6 is 0 Å². The van der Waals surface area contributed by atoms with E-state index < -0.39 is 10.9 Å². The van der Waals surface area contributed by atoms with E-state index >= 15 is 0 Å². The molecule has 0 spiro atoms. The van der Waals surface area contributed by atoms with Gasteiger partial charge in [0, 0.05) is 26.2 Å². The SMILES string of the molecule is CN(CCc1ccccc1)c1c(NC[C@H](Cc2ccccc2)N(C)C)c(=O)c1=O. The maximum Gasteiger partial charge on any atom is 0.253 e. The zero-order valence-electron chi connectivity index (χ0n) is 17.4. The van der Waals surface area contributed by atoms with Gasteiger partial charge in [-0.15, -0.1) is 0 Å². The average Bonchev–Trinajstić information content (AvgIpc) is 2.74. The Hall–Kier alpha value is -2.92. The van der Waals surface area contributed by atoms with Gasteiger partial charge in [-0.3, -0.25) is 9.59 Å². The number of hydrogen-bond acceptors (Lipinski definition) is 5. The number of likely N-dealkylation sites (N-methyl/N-ethyl adjacent to an activating group) is 2. The van der Waals surface area contributed by atoms with Gasteiger partial charge in [-0.05, 0) is 38.1 Å². The predicted octanol–water partition coefficient (Wildman–Crippen LogP) is 2.55. The summed E-state index contributed by atoms with van der Waals surface area (Å²) in [6.45, 7) is 1.29. The Bertz CT molecular complexity index is 977. The molecule has 0 saturated carbocycles. The summed E-state index contributed by atoms with van der Waals surface area (Å²) >= 11 is 0. The number of nitrogens with one attached hydrogen (secondary N) is 1. The van der Waals surface area contributed by atoms with Gasteiger partial charge in [0.2, 0.25) is 0 Å². The molecule has 0 aliphatic carbocycles. The van der Waals surface area contributed by atoms with Crippen LogP contribution < -0.4 is 21.1 Å². The van der Waals surface area contributed by atoms with Crippen molar-refractivity contribution in [2.45, 2.75) is 18.9 Å². The topological polar surface area (TPSA) is 52.6 Å². The molecule has 0 heterocycles. The van der Waals surface area contributed by atoms with Crippen molar-refractivity contribution in [3.63, 3.8) is 0 Å². The molecule has 0 aliphatic heterocycles. The molecule has 0 radical (unpaired) electrons. The Kier molecular flexibility index (Phi) is 6.83. The van der Waals surface area contributed by atoms with E-state index in [2.05, 4.69) is 34.5 Å². The molecule has 29 heavy (non-hydrogen) atoms. The number of rotatable bonds is 10. The number of anilines is 2. The van der Waals surface area contributed by atoms with Gasteiger partial charge in [-0.1, -0.05) is 60.7 Å². The minimum absolute atomic E-state index is 0.212. The van der Waals surface area contributed by atoms with Gasteiger partial charge >= 0.3 is 0 Å². The monoisotopic (exact) mass is 391 g/mol. The molecule has 5 heteroatoms. The lowest BCUT2D eigenvalue weighted by Gasteiger charge is -2.28. The van der Waals surface area contributed by atoms with Gasteiger partial charge in [-0.25, -0.2) is 0 Å². The maximum absolute atomic E-state index is 12.2. The largest absolute Gasteiger partial charge is 0.378 e. The predicted molar refractivity (Wildman–Crippen MR) is 121 cm³/mol. The van der Waals surface area contributed by atoms with Crippen molar-refractivity contribution in [1.29, 1.82) is 0 Å². The first-order chi connectivity index (χ1) is 14.0.